The Kier molecular flexibility index (Phi) is 4.56. The van der Waals surface area contributed by atoms with Crippen LogP contribution in [-0.2, 0) is 6.42 Å². The SMILES string of the molecule is CCCCc1ncc2ccccc2c1Sc1ccccc1. The van der Waals surface area contributed by atoms with E-state index < -0.39 is 0 Å². The quantitative estimate of drug-likeness (QED) is 0.596. The number of rotatable bonds is 5. The zero-order chi connectivity index (χ0) is 14.5. The van der Waals surface area contributed by atoms with Crippen LogP contribution in [0.5, 0.6) is 0 Å². The molecule has 0 bridgehead atoms. The van der Waals surface area contributed by atoms with E-state index in [-0.39, 0.29) is 0 Å². The van der Waals surface area contributed by atoms with Crippen LogP contribution in [0.15, 0.2) is 70.6 Å². The number of hydrogen-bond donors (Lipinski definition) is 0. The van der Waals surface area contributed by atoms with Crippen LogP contribution in [0, 0.1) is 0 Å². The summed E-state index contributed by atoms with van der Waals surface area (Å²) in [7, 11) is 0. The van der Waals surface area contributed by atoms with Crippen LogP contribution < -0.4 is 0 Å². The minimum atomic E-state index is 1.05. The largest absolute Gasteiger partial charge is 0.259 e. The number of nitrogens with zero attached hydrogens (tertiary/aromatic N) is 1. The molecule has 1 aromatic heterocycles. The van der Waals surface area contributed by atoms with E-state index in [0.717, 1.165) is 6.42 Å². The molecule has 0 saturated heterocycles. The van der Waals surface area contributed by atoms with Gasteiger partial charge in [0.1, 0.15) is 0 Å². The van der Waals surface area contributed by atoms with Crippen molar-refractivity contribution in [3.05, 3.63) is 66.5 Å². The summed E-state index contributed by atoms with van der Waals surface area (Å²) in [6.45, 7) is 2.23. The Labute approximate surface area is 130 Å². The third kappa shape index (κ3) is 3.27. The van der Waals surface area contributed by atoms with Gasteiger partial charge in [-0.05, 0) is 30.4 Å². The zero-order valence-corrected chi connectivity index (χ0v) is 13.1. The number of hydrogen-bond acceptors (Lipinski definition) is 2. The third-order valence-corrected chi connectivity index (χ3v) is 4.72. The van der Waals surface area contributed by atoms with E-state index >= 15 is 0 Å². The maximum absolute atomic E-state index is 4.72. The first-order valence-corrected chi connectivity index (χ1v) is 8.29. The molecule has 0 fully saturated rings. The molecule has 0 unspecified atom stereocenters. The highest BCUT2D eigenvalue weighted by molar-refractivity contribution is 7.99. The Morgan fingerprint density at radius 1 is 0.952 bits per heavy atom. The molecule has 0 saturated carbocycles. The van der Waals surface area contributed by atoms with E-state index in [9.17, 15) is 0 Å². The second-order valence-corrected chi connectivity index (χ2v) is 6.22. The van der Waals surface area contributed by atoms with Gasteiger partial charge in [-0.3, -0.25) is 4.98 Å². The highest BCUT2D eigenvalue weighted by Crippen LogP contribution is 2.35. The standard InChI is InChI=1S/C19H19NS/c1-2-3-13-18-19(21-16-10-5-4-6-11-16)17-12-8-7-9-15(17)14-20-18/h4-12,14H,2-3,13H2,1H3. The summed E-state index contributed by atoms with van der Waals surface area (Å²) < 4.78 is 0. The molecule has 0 radical (unpaired) electrons. The summed E-state index contributed by atoms with van der Waals surface area (Å²) in [5.41, 5.74) is 1.23. The summed E-state index contributed by atoms with van der Waals surface area (Å²) in [4.78, 5) is 7.30. The molecule has 0 aliphatic heterocycles. The van der Waals surface area contributed by atoms with Gasteiger partial charge in [-0.25, -0.2) is 0 Å². The molecule has 0 amide bonds. The van der Waals surface area contributed by atoms with Crippen molar-refractivity contribution in [2.24, 2.45) is 0 Å². The number of benzene rings is 2. The predicted octanol–water partition coefficient (Wildman–Crippen LogP) is 5.73. The maximum Gasteiger partial charge on any atom is 0.0549 e. The van der Waals surface area contributed by atoms with Gasteiger partial charge < -0.3 is 0 Å². The second-order valence-electron chi connectivity index (χ2n) is 5.14. The van der Waals surface area contributed by atoms with Crippen molar-refractivity contribution in [1.82, 2.24) is 4.98 Å². The second kappa shape index (κ2) is 6.77. The van der Waals surface area contributed by atoms with Gasteiger partial charge in [0.05, 0.1) is 5.69 Å². The van der Waals surface area contributed by atoms with Crippen molar-refractivity contribution in [2.45, 2.75) is 36.0 Å². The van der Waals surface area contributed by atoms with Crippen LogP contribution >= 0.6 is 11.8 Å². The number of aromatic nitrogens is 1. The van der Waals surface area contributed by atoms with Crippen molar-refractivity contribution < 1.29 is 0 Å². The maximum atomic E-state index is 4.72. The topological polar surface area (TPSA) is 12.9 Å². The molecule has 3 aromatic rings. The summed E-state index contributed by atoms with van der Waals surface area (Å²) in [6, 6.07) is 19.1. The van der Waals surface area contributed by atoms with Crippen LogP contribution in [0.25, 0.3) is 10.8 Å². The molecule has 21 heavy (non-hydrogen) atoms. The smallest absolute Gasteiger partial charge is 0.0549 e. The van der Waals surface area contributed by atoms with E-state index in [1.54, 1.807) is 0 Å². The highest BCUT2D eigenvalue weighted by Gasteiger charge is 2.10. The van der Waals surface area contributed by atoms with Gasteiger partial charge in [0.25, 0.3) is 0 Å². The highest BCUT2D eigenvalue weighted by atomic mass is 32.2. The Bertz CT molecular complexity index is 722. The molecule has 106 valence electrons. The van der Waals surface area contributed by atoms with Crippen molar-refractivity contribution in [3.8, 4) is 0 Å². The minimum absolute atomic E-state index is 1.05. The number of fused-ring (bicyclic) bond motifs is 1. The molecule has 1 heterocycles. The fourth-order valence-corrected chi connectivity index (χ4v) is 3.52. The molecule has 0 aliphatic rings. The van der Waals surface area contributed by atoms with Gasteiger partial charge in [-0.2, -0.15) is 0 Å². The number of unbranched alkanes of at least 4 members (excludes halogenated alkanes) is 1. The lowest BCUT2D eigenvalue weighted by atomic mass is 10.1. The van der Waals surface area contributed by atoms with Crippen LogP contribution in [-0.4, -0.2) is 4.98 Å². The molecule has 3 rings (SSSR count). The fourth-order valence-electron chi connectivity index (χ4n) is 2.42. The summed E-state index contributed by atoms with van der Waals surface area (Å²) in [5, 5.41) is 2.53. The van der Waals surface area contributed by atoms with Gasteiger partial charge in [-0.15, -0.1) is 0 Å². The van der Waals surface area contributed by atoms with Crippen molar-refractivity contribution >= 4 is 22.5 Å². The number of pyridine rings is 1. The van der Waals surface area contributed by atoms with Gasteiger partial charge in [0.2, 0.25) is 0 Å². The van der Waals surface area contributed by atoms with Crippen molar-refractivity contribution in [2.75, 3.05) is 0 Å². The zero-order valence-electron chi connectivity index (χ0n) is 12.3. The van der Waals surface area contributed by atoms with Gasteiger partial charge >= 0.3 is 0 Å². The fraction of sp³-hybridized carbons (Fsp3) is 0.211. The van der Waals surface area contributed by atoms with Crippen molar-refractivity contribution in [3.63, 3.8) is 0 Å². The van der Waals surface area contributed by atoms with E-state index in [0.29, 0.717) is 0 Å². The lowest BCUT2D eigenvalue weighted by Crippen LogP contribution is -1.94. The molecule has 0 aliphatic carbocycles. The molecule has 2 heteroatoms. The molecular weight excluding hydrogens is 274 g/mol. The Morgan fingerprint density at radius 3 is 2.52 bits per heavy atom. The van der Waals surface area contributed by atoms with E-state index in [1.165, 1.54) is 39.1 Å². The molecule has 2 aromatic carbocycles. The van der Waals surface area contributed by atoms with E-state index in [1.807, 2.05) is 18.0 Å². The first kappa shape index (κ1) is 14.2. The molecule has 0 atom stereocenters. The lowest BCUT2D eigenvalue weighted by Gasteiger charge is -2.11. The first-order valence-electron chi connectivity index (χ1n) is 7.48. The normalized spacial score (nSPS) is 10.9. The third-order valence-electron chi connectivity index (χ3n) is 3.56. The van der Waals surface area contributed by atoms with Crippen LogP contribution in [0.4, 0.5) is 0 Å². The number of aryl methyl sites for hydroxylation is 1. The van der Waals surface area contributed by atoms with Crippen LogP contribution in [0.1, 0.15) is 25.5 Å². The van der Waals surface area contributed by atoms with Gasteiger partial charge in [-0.1, -0.05) is 67.6 Å². The predicted molar refractivity (Wildman–Crippen MR) is 90.9 cm³/mol. The van der Waals surface area contributed by atoms with Gasteiger partial charge in [0.15, 0.2) is 0 Å². The first-order chi connectivity index (χ1) is 10.4. The van der Waals surface area contributed by atoms with E-state index in [4.69, 9.17) is 4.98 Å². The molecular formula is C19H19NS. The monoisotopic (exact) mass is 293 g/mol. The minimum Gasteiger partial charge on any atom is -0.259 e. The van der Waals surface area contributed by atoms with Crippen LogP contribution in [0.2, 0.25) is 0 Å². The van der Waals surface area contributed by atoms with Gasteiger partial charge in [0, 0.05) is 21.4 Å². The summed E-state index contributed by atoms with van der Waals surface area (Å²) >= 11 is 1.83. The molecule has 0 spiro atoms. The lowest BCUT2D eigenvalue weighted by molar-refractivity contribution is 0.766. The summed E-state index contributed by atoms with van der Waals surface area (Å²) in [6.07, 6.45) is 5.45. The van der Waals surface area contributed by atoms with Crippen LogP contribution in [0.3, 0.4) is 0 Å². The Morgan fingerprint density at radius 2 is 1.71 bits per heavy atom. The van der Waals surface area contributed by atoms with Crippen molar-refractivity contribution in [1.29, 1.82) is 0 Å². The molecule has 0 N–H and O–H groups in total. The average molecular weight is 293 g/mol. The molecule has 1 nitrogen and oxygen atoms in total. The Balaban J connectivity index is 2.07. The summed E-state index contributed by atoms with van der Waals surface area (Å²) in [5.74, 6) is 0. The Hall–Kier alpha value is -1.80. The average Bonchev–Trinajstić information content (AvgIpc) is 2.55. The van der Waals surface area contributed by atoms with E-state index in [2.05, 4.69) is 61.5 Å².